The van der Waals surface area contributed by atoms with Gasteiger partial charge in [0.2, 0.25) is 0 Å². The van der Waals surface area contributed by atoms with Crippen LogP contribution in [0.25, 0.3) is 33.8 Å². The first-order chi connectivity index (χ1) is 32.5. The number of hydrogen-bond acceptors (Lipinski definition) is 6. The highest BCUT2D eigenvalue weighted by molar-refractivity contribution is 5.61. The maximum atomic E-state index is 5.80. The Labute approximate surface area is 400 Å². The lowest BCUT2D eigenvalue weighted by atomic mass is 10.0. The van der Waals surface area contributed by atoms with Crippen LogP contribution >= 0.6 is 0 Å². The van der Waals surface area contributed by atoms with Crippen molar-refractivity contribution in [2.45, 2.75) is 157 Å². The van der Waals surface area contributed by atoms with Gasteiger partial charge in [-0.2, -0.15) is 0 Å². The molecule has 6 nitrogen and oxygen atoms in total. The molecule has 0 bridgehead atoms. The van der Waals surface area contributed by atoms with Crippen LogP contribution in [-0.2, 0) is 19.3 Å². The first-order valence-electron chi connectivity index (χ1n) is 25.5. The molecule has 6 aromatic rings. The molecule has 0 aliphatic rings. The molecule has 0 saturated carbocycles. The summed E-state index contributed by atoms with van der Waals surface area (Å²) in [5.74, 6) is 2.54. The molecule has 3 aromatic heterocycles. The molecule has 0 unspecified atom stereocenters. The molecule has 66 heavy (non-hydrogen) atoms. The Balaban J connectivity index is 0.000000218. The molecule has 0 radical (unpaired) electrons. The van der Waals surface area contributed by atoms with Crippen molar-refractivity contribution in [2.75, 3.05) is 19.8 Å². The van der Waals surface area contributed by atoms with E-state index in [0.717, 1.165) is 77.9 Å². The molecule has 0 aliphatic carbocycles. The second kappa shape index (κ2) is 33.1. The maximum absolute atomic E-state index is 5.80. The van der Waals surface area contributed by atoms with Gasteiger partial charge in [0.25, 0.3) is 0 Å². The number of hydrogen-bond donors (Lipinski definition) is 0. The van der Waals surface area contributed by atoms with Gasteiger partial charge in [0, 0.05) is 16.7 Å². The molecule has 0 spiro atoms. The van der Waals surface area contributed by atoms with Crippen molar-refractivity contribution in [1.29, 1.82) is 0 Å². The Hall–Kier alpha value is -5.49. The molecule has 354 valence electrons. The van der Waals surface area contributed by atoms with Crippen LogP contribution in [0.3, 0.4) is 0 Å². The van der Waals surface area contributed by atoms with Crippen LogP contribution in [-0.4, -0.2) is 34.8 Å². The van der Waals surface area contributed by atoms with Crippen molar-refractivity contribution in [3.05, 3.63) is 144 Å². The minimum absolute atomic E-state index is 0.674. The molecule has 6 heteroatoms. The number of nitrogens with zero attached hydrogens (tertiary/aromatic N) is 3. The number of rotatable bonds is 27. The average molecular weight is 892 g/mol. The Morgan fingerprint density at radius 1 is 0.303 bits per heavy atom. The van der Waals surface area contributed by atoms with Crippen LogP contribution in [0, 0.1) is 0 Å². The number of aromatic nitrogens is 3. The molecule has 0 fully saturated rings. The van der Waals surface area contributed by atoms with E-state index in [1.54, 1.807) is 12.4 Å². The van der Waals surface area contributed by atoms with Crippen molar-refractivity contribution >= 4 is 0 Å². The number of ether oxygens (including phenoxy) is 3. The molecule has 0 N–H and O–H groups in total. The predicted molar refractivity (Wildman–Crippen MR) is 280 cm³/mol. The van der Waals surface area contributed by atoms with Crippen LogP contribution in [0.2, 0.25) is 0 Å². The van der Waals surface area contributed by atoms with Crippen molar-refractivity contribution in [3.63, 3.8) is 0 Å². The minimum atomic E-state index is 0.674. The van der Waals surface area contributed by atoms with E-state index in [1.165, 1.54) is 119 Å². The summed E-state index contributed by atoms with van der Waals surface area (Å²) in [4.78, 5) is 13.5. The summed E-state index contributed by atoms with van der Waals surface area (Å²) in [5, 5.41) is 0. The standard InChI is InChI=1S/C23H33NO.C19H25NO.C18H23NO/c1-3-5-7-8-9-10-18-25-22-16-17-23(24-19-22)21-14-12-20(13-15-21)11-6-4-2;1-3-5-6-7-16-8-10-17(11-9-16)19-13-12-18(15-20-19)21-14-4-2;1-3-5-6-7-15-8-10-16(11-9-15)18-13-12-17(14-19-18)20-4-2/h12-17,19H,3-11,18H2,1-2H3;8-13,15H,3-7,14H2,1-2H3;8-14H,3-7H2,1-2H3. The molecule has 0 saturated heterocycles. The maximum Gasteiger partial charge on any atom is 0.137 e. The molecule has 3 aromatic carbocycles. The second-order valence-corrected chi connectivity index (χ2v) is 17.1. The van der Waals surface area contributed by atoms with Crippen LogP contribution in [0.5, 0.6) is 17.2 Å². The Morgan fingerprint density at radius 2 is 0.652 bits per heavy atom. The topological polar surface area (TPSA) is 66.4 Å². The Kier molecular flexibility index (Phi) is 26.6. The average Bonchev–Trinajstić information content (AvgIpc) is 3.37. The van der Waals surface area contributed by atoms with E-state index in [9.17, 15) is 0 Å². The summed E-state index contributed by atoms with van der Waals surface area (Å²) in [5.41, 5.74) is 10.7. The quantitative estimate of drug-likeness (QED) is 0.0480. The fourth-order valence-electron chi connectivity index (χ4n) is 7.43. The monoisotopic (exact) mass is 892 g/mol. The zero-order valence-electron chi connectivity index (χ0n) is 41.5. The normalized spacial score (nSPS) is 10.6. The first-order valence-corrected chi connectivity index (χ1v) is 25.5. The lowest BCUT2D eigenvalue weighted by molar-refractivity contribution is 0.303. The number of pyridine rings is 3. The third-order valence-electron chi connectivity index (χ3n) is 11.5. The predicted octanol–water partition coefficient (Wildman–Crippen LogP) is 17.0. The number of aryl methyl sites for hydroxylation is 3. The van der Waals surface area contributed by atoms with E-state index in [1.807, 2.05) is 43.5 Å². The van der Waals surface area contributed by atoms with Gasteiger partial charge in [-0.3, -0.25) is 15.0 Å². The van der Waals surface area contributed by atoms with Gasteiger partial charge in [-0.05, 0) is 111 Å². The van der Waals surface area contributed by atoms with Crippen LogP contribution < -0.4 is 14.2 Å². The highest BCUT2D eigenvalue weighted by Gasteiger charge is 2.05. The van der Waals surface area contributed by atoms with Gasteiger partial charge < -0.3 is 14.2 Å². The van der Waals surface area contributed by atoms with E-state index < -0.39 is 0 Å². The smallest absolute Gasteiger partial charge is 0.137 e. The fourth-order valence-corrected chi connectivity index (χ4v) is 7.43. The van der Waals surface area contributed by atoms with E-state index in [4.69, 9.17) is 14.2 Å². The van der Waals surface area contributed by atoms with Gasteiger partial charge in [-0.1, -0.05) is 172 Å². The summed E-state index contributed by atoms with van der Waals surface area (Å²) >= 11 is 0. The van der Waals surface area contributed by atoms with Crippen molar-refractivity contribution in [3.8, 4) is 51.0 Å². The van der Waals surface area contributed by atoms with Crippen LogP contribution in [0.1, 0.15) is 155 Å². The molecular formula is C60H81N3O3. The summed E-state index contributed by atoms with van der Waals surface area (Å²) in [6.07, 6.45) is 27.9. The highest BCUT2D eigenvalue weighted by Crippen LogP contribution is 2.24. The molecular weight excluding hydrogens is 811 g/mol. The van der Waals surface area contributed by atoms with Crippen LogP contribution in [0.15, 0.2) is 128 Å². The van der Waals surface area contributed by atoms with Crippen molar-refractivity contribution in [1.82, 2.24) is 15.0 Å². The molecule has 0 aliphatic heterocycles. The zero-order chi connectivity index (χ0) is 46.9. The molecule has 3 heterocycles. The van der Waals surface area contributed by atoms with E-state index >= 15 is 0 Å². The highest BCUT2D eigenvalue weighted by atomic mass is 16.5. The van der Waals surface area contributed by atoms with Crippen LogP contribution in [0.4, 0.5) is 0 Å². The van der Waals surface area contributed by atoms with E-state index in [0.29, 0.717) is 6.61 Å². The van der Waals surface area contributed by atoms with Gasteiger partial charge in [0.15, 0.2) is 0 Å². The number of benzene rings is 3. The number of unbranched alkanes of at least 4 members (excludes halogenated alkanes) is 10. The van der Waals surface area contributed by atoms with Gasteiger partial charge in [0.1, 0.15) is 17.2 Å². The van der Waals surface area contributed by atoms with Gasteiger partial charge >= 0.3 is 0 Å². The Bertz CT molecular complexity index is 2080. The van der Waals surface area contributed by atoms with Crippen molar-refractivity contribution in [2.24, 2.45) is 0 Å². The Morgan fingerprint density at radius 3 is 1.02 bits per heavy atom. The van der Waals surface area contributed by atoms with Gasteiger partial charge in [-0.25, -0.2) is 0 Å². The molecule has 6 rings (SSSR count). The SMILES string of the molecule is CCCCCCCCOc1ccc(-c2ccc(CCCC)cc2)nc1.CCCCCc1ccc(-c2ccc(OCC)cn2)cc1.CCCCCc1ccc(-c2ccc(OCCC)cn2)cc1. The molecule has 0 atom stereocenters. The summed E-state index contributed by atoms with van der Waals surface area (Å²) in [6.45, 7) is 15.2. The second-order valence-electron chi connectivity index (χ2n) is 17.1. The summed E-state index contributed by atoms with van der Waals surface area (Å²) in [6, 6.07) is 38.4. The van der Waals surface area contributed by atoms with E-state index in [2.05, 4.69) is 128 Å². The zero-order valence-corrected chi connectivity index (χ0v) is 41.5. The largest absolute Gasteiger partial charge is 0.492 e. The summed E-state index contributed by atoms with van der Waals surface area (Å²) < 4.78 is 16.8. The van der Waals surface area contributed by atoms with Gasteiger partial charge in [-0.15, -0.1) is 0 Å². The summed E-state index contributed by atoms with van der Waals surface area (Å²) in [7, 11) is 0. The first kappa shape index (κ1) is 53.1. The van der Waals surface area contributed by atoms with Crippen molar-refractivity contribution < 1.29 is 14.2 Å². The fraction of sp³-hybridized carbons (Fsp3) is 0.450. The minimum Gasteiger partial charge on any atom is -0.492 e. The lowest BCUT2D eigenvalue weighted by Gasteiger charge is -2.07. The third kappa shape index (κ3) is 20.8. The van der Waals surface area contributed by atoms with E-state index in [-0.39, 0.29) is 0 Å². The molecule has 0 amide bonds. The lowest BCUT2D eigenvalue weighted by Crippen LogP contribution is -1.98. The third-order valence-corrected chi connectivity index (χ3v) is 11.5. The van der Waals surface area contributed by atoms with Gasteiger partial charge in [0.05, 0.1) is 55.5 Å².